The van der Waals surface area contributed by atoms with E-state index in [9.17, 15) is 35.1 Å². The third-order valence-electron chi connectivity index (χ3n) is 14.7. The number of rotatable bonds is 54. The monoisotopic (exact) mass is 1120 g/mol. The summed E-state index contributed by atoms with van der Waals surface area (Å²) in [6.07, 6.45) is 64.8. The first-order valence-electron chi connectivity index (χ1n) is 32.5. The Balaban J connectivity index is 2.59. The van der Waals surface area contributed by atoms with Gasteiger partial charge < -0.3 is 45.1 Å². The zero-order valence-electron chi connectivity index (χ0n) is 50.9. The van der Waals surface area contributed by atoms with Crippen molar-refractivity contribution < 1.29 is 49.3 Å². The van der Waals surface area contributed by atoms with Crippen molar-refractivity contribution >= 4 is 11.9 Å². The van der Waals surface area contributed by atoms with Crippen molar-refractivity contribution in [1.82, 2.24) is 5.32 Å². The minimum absolute atomic E-state index is 0.0791. The number of ether oxygens (including phenoxy) is 3. The Morgan fingerprint density at radius 3 is 1.35 bits per heavy atom. The van der Waals surface area contributed by atoms with Crippen LogP contribution in [0.2, 0.25) is 0 Å². The molecule has 1 heterocycles. The molecule has 1 aliphatic heterocycles. The molecule has 0 spiro atoms. The zero-order valence-corrected chi connectivity index (χ0v) is 50.9. The lowest BCUT2D eigenvalue weighted by Gasteiger charge is -2.41. The summed E-state index contributed by atoms with van der Waals surface area (Å²) in [6, 6.07) is -1.06. The normalized spacial score (nSPS) is 19.4. The second-order valence-electron chi connectivity index (χ2n) is 22.1. The Morgan fingerprint density at radius 1 is 0.500 bits per heavy atom. The molecule has 0 aromatic carbocycles. The topological polar surface area (TPSA) is 175 Å². The van der Waals surface area contributed by atoms with Gasteiger partial charge in [0, 0.05) is 12.8 Å². The van der Waals surface area contributed by atoms with Crippen LogP contribution >= 0.6 is 0 Å². The number of carbonyl (C=O) groups excluding carboxylic acids is 2. The number of aliphatic hydroxyl groups excluding tert-OH is 5. The number of unbranched alkanes of at least 4 members (excludes halogenated alkanes) is 27. The molecule has 8 unspecified atom stereocenters. The van der Waals surface area contributed by atoms with Crippen molar-refractivity contribution in [2.24, 2.45) is 0 Å². The minimum atomic E-state index is -1.63. The maximum Gasteiger partial charge on any atom is 0.306 e. The third-order valence-corrected chi connectivity index (χ3v) is 14.7. The van der Waals surface area contributed by atoms with Gasteiger partial charge in [-0.15, -0.1) is 0 Å². The van der Waals surface area contributed by atoms with Crippen LogP contribution in [0.3, 0.4) is 0 Å². The van der Waals surface area contributed by atoms with Gasteiger partial charge in [-0.2, -0.15) is 0 Å². The maximum atomic E-state index is 13.4. The van der Waals surface area contributed by atoms with Crippen molar-refractivity contribution in [3.63, 3.8) is 0 Å². The lowest BCUT2D eigenvalue weighted by atomic mass is 9.99. The molecule has 6 N–H and O–H groups in total. The number of esters is 1. The molecule has 1 fully saturated rings. The highest BCUT2D eigenvalue weighted by Gasteiger charge is 2.47. The summed E-state index contributed by atoms with van der Waals surface area (Å²) in [7, 11) is 0. The minimum Gasteiger partial charge on any atom is -0.454 e. The van der Waals surface area contributed by atoms with Gasteiger partial charge in [0.2, 0.25) is 5.91 Å². The molecular weight excluding hydrogens is 1000 g/mol. The van der Waals surface area contributed by atoms with E-state index < -0.39 is 67.4 Å². The van der Waals surface area contributed by atoms with Crippen molar-refractivity contribution in [2.75, 3.05) is 13.2 Å². The number of amides is 1. The molecular formula is C69H119NO10. The van der Waals surface area contributed by atoms with Crippen molar-refractivity contribution in [3.05, 3.63) is 97.2 Å². The van der Waals surface area contributed by atoms with Crippen molar-refractivity contribution in [1.29, 1.82) is 0 Å². The molecule has 0 aromatic rings. The molecule has 1 rings (SSSR count). The summed E-state index contributed by atoms with van der Waals surface area (Å²) in [5.41, 5.74) is 0. The van der Waals surface area contributed by atoms with Gasteiger partial charge in [-0.1, -0.05) is 266 Å². The fourth-order valence-electron chi connectivity index (χ4n) is 9.60. The fourth-order valence-corrected chi connectivity index (χ4v) is 9.60. The SMILES string of the molecule is CC/C=C\C/C=C\C/C=C\C/C=C\C/C=C\CCCCCCCCCCCCCC(=O)OC1C(OCC(NC(=O)C(O)C/C=C/C/C=C\CCCCCCCC)C(O)/C=C/CCCCCCCCCCCC)OC(CO)C(O)C1O. The van der Waals surface area contributed by atoms with Crippen molar-refractivity contribution in [3.8, 4) is 0 Å². The highest BCUT2D eigenvalue weighted by Crippen LogP contribution is 2.26. The van der Waals surface area contributed by atoms with Crippen LogP contribution in [-0.4, -0.2) is 99.6 Å². The van der Waals surface area contributed by atoms with Gasteiger partial charge in [-0.05, 0) is 83.5 Å². The number of hydrogen-bond acceptors (Lipinski definition) is 10. The van der Waals surface area contributed by atoms with E-state index in [4.69, 9.17) is 14.2 Å². The summed E-state index contributed by atoms with van der Waals surface area (Å²) in [5, 5.41) is 56.8. The lowest BCUT2D eigenvalue weighted by Crippen LogP contribution is -2.61. The molecule has 1 amide bonds. The van der Waals surface area contributed by atoms with Gasteiger partial charge in [0.05, 0.1) is 25.4 Å². The number of allylic oxidation sites excluding steroid dienone is 14. The largest absolute Gasteiger partial charge is 0.454 e. The second kappa shape index (κ2) is 56.1. The van der Waals surface area contributed by atoms with Crippen LogP contribution in [0.5, 0.6) is 0 Å². The van der Waals surface area contributed by atoms with Gasteiger partial charge >= 0.3 is 5.97 Å². The molecule has 1 aliphatic rings. The van der Waals surface area contributed by atoms with E-state index in [1.54, 1.807) is 12.2 Å². The Labute approximate surface area is 488 Å². The van der Waals surface area contributed by atoms with Crippen LogP contribution in [0.1, 0.15) is 265 Å². The van der Waals surface area contributed by atoms with Crippen LogP contribution in [0.4, 0.5) is 0 Å². The number of nitrogens with one attached hydrogen (secondary N) is 1. The highest BCUT2D eigenvalue weighted by atomic mass is 16.7. The van der Waals surface area contributed by atoms with E-state index >= 15 is 0 Å². The molecule has 11 nitrogen and oxygen atoms in total. The molecule has 0 bridgehead atoms. The Morgan fingerprint density at radius 2 is 0.900 bits per heavy atom. The van der Waals surface area contributed by atoms with Gasteiger partial charge in [0.15, 0.2) is 12.4 Å². The molecule has 11 heteroatoms. The molecule has 460 valence electrons. The van der Waals surface area contributed by atoms with E-state index in [0.717, 1.165) is 96.3 Å². The quantitative estimate of drug-likeness (QED) is 0.0195. The predicted octanol–water partition coefficient (Wildman–Crippen LogP) is 15.9. The zero-order chi connectivity index (χ0) is 58.2. The van der Waals surface area contributed by atoms with Gasteiger partial charge in [0.25, 0.3) is 0 Å². The summed E-state index contributed by atoms with van der Waals surface area (Å²) < 4.78 is 17.6. The first-order chi connectivity index (χ1) is 39.2. The maximum absolute atomic E-state index is 13.4. The van der Waals surface area contributed by atoms with E-state index in [1.807, 2.05) is 12.2 Å². The van der Waals surface area contributed by atoms with Gasteiger partial charge in [-0.3, -0.25) is 9.59 Å². The van der Waals surface area contributed by atoms with Crippen LogP contribution in [0, 0.1) is 0 Å². The standard InChI is InChI=1S/C69H119NO10/c1-4-7-10-13-16-19-22-25-26-27-28-29-30-31-32-33-34-35-36-37-38-39-42-45-48-51-54-57-64(74)80-67-66(76)65(75)63(58-71)79-69(67)78-59-60(61(72)55-52-49-46-43-40-23-20-17-14-11-8-5-2)70-68(77)62(73)56-53-50-47-44-41-24-21-18-15-12-9-6-3/h7,10,16,19,25-26,28-29,31-32,41,44,50,52-53,55,60-63,65-67,69,71-73,75-76H,4-6,8-9,11-15,17-18,20-24,27,30,33-40,42-43,45-49,51,54,56-59H2,1-3H3,(H,70,77)/b10-7-,19-16-,26-25-,29-28-,32-31-,44-41-,53-50+,55-52+. The van der Waals surface area contributed by atoms with E-state index in [2.05, 4.69) is 99.0 Å². The average Bonchev–Trinajstić information content (AvgIpc) is 3.46. The molecule has 0 aliphatic carbocycles. The Bertz CT molecular complexity index is 1670. The van der Waals surface area contributed by atoms with Crippen LogP contribution in [0.15, 0.2) is 97.2 Å². The summed E-state index contributed by atoms with van der Waals surface area (Å²) in [6.45, 7) is 5.62. The summed E-state index contributed by atoms with van der Waals surface area (Å²) in [5.74, 6) is -1.27. The fraction of sp³-hybridized carbons (Fsp3) is 0.739. The molecule has 8 atom stereocenters. The second-order valence-corrected chi connectivity index (χ2v) is 22.1. The van der Waals surface area contributed by atoms with Crippen LogP contribution in [0.25, 0.3) is 0 Å². The smallest absolute Gasteiger partial charge is 0.306 e. The van der Waals surface area contributed by atoms with E-state index in [-0.39, 0.29) is 19.4 Å². The summed E-state index contributed by atoms with van der Waals surface area (Å²) >= 11 is 0. The lowest BCUT2D eigenvalue weighted by molar-refractivity contribution is -0.305. The summed E-state index contributed by atoms with van der Waals surface area (Å²) in [4.78, 5) is 26.5. The molecule has 80 heavy (non-hydrogen) atoms. The number of carbonyl (C=O) groups is 2. The van der Waals surface area contributed by atoms with Crippen LogP contribution < -0.4 is 5.32 Å². The average molecular weight is 1120 g/mol. The van der Waals surface area contributed by atoms with Gasteiger partial charge in [0.1, 0.15) is 24.4 Å². The highest BCUT2D eigenvalue weighted by molar-refractivity contribution is 5.81. The van der Waals surface area contributed by atoms with Gasteiger partial charge in [-0.25, -0.2) is 0 Å². The van der Waals surface area contributed by atoms with E-state index in [1.165, 1.54) is 122 Å². The number of aliphatic hydroxyl groups is 5. The molecule has 0 saturated carbocycles. The van der Waals surface area contributed by atoms with Crippen LogP contribution in [-0.2, 0) is 23.8 Å². The first kappa shape index (κ1) is 74.6. The van der Waals surface area contributed by atoms with E-state index in [0.29, 0.717) is 12.8 Å². The predicted molar refractivity (Wildman–Crippen MR) is 333 cm³/mol. The van der Waals surface area contributed by atoms with Crippen molar-refractivity contribution in [2.45, 2.75) is 314 Å². The third kappa shape index (κ3) is 43.3. The first-order valence-corrected chi connectivity index (χ1v) is 32.5. The Kier molecular flexibility index (Phi) is 52.3. The molecule has 0 radical (unpaired) electrons. The molecule has 1 saturated heterocycles. The molecule has 0 aromatic heterocycles. The Hall–Kier alpha value is -3.42. The number of hydrogen-bond donors (Lipinski definition) is 6.